The Balaban J connectivity index is 0.000000921. The first kappa shape index (κ1) is 14.6. The predicted octanol–water partition coefficient (Wildman–Crippen LogP) is 1.36. The molecular weight excluding hydrogens is 196 g/mol. The summed E-state index contributed by atoms with van der Waals surface area (Å²) >= 11 is 0. The van der Waals surface area contributed by atoms with E-state index in [-0.39, 0.29) is 30.3 Å². The van der Waals surface area contributed by atoms with E-state index >= 15 is 0 Å². The molecule has 0 radical (unpaired) electrons. The minimum absolute atomic E-state index is 0.0581. The Morgan fingerprint density at radius 3 is 2.27 bits per heavy atom. The van der Waals surface area contributed by atoms with Gasteiger partial charge in [0.05, 0.1) is 12.2 Å². The van der Waals surface area contributed by atoms with Gasteiger partial charge in [-0.2, -0.15) is 0 Å². The molecule has 1 rings (SSSR count). The standard InChI is InChI=1S/C10H20O3.CO/c1-5-8-6(2)9(11)7(3)10(12-4)13-8;1-2/h6-11H,5H2,1-4H3;. The summed E-state index contributed by atoms with van der Waals surface area (Å²) in [6, 6.07) is 0. The number of hydrogen-bond donors (Lipinski definition) is 1. The molecule has 0 spiro atoms. The number of rotatable bonds is 2. The normalized spacial score (nSPS) is 40.3. The van der Waals surface area contributed by atoms with Crippen LogP contribution in [-0.2, 0) is 14.1 Å². The number of aliphatic hydroxyl groups is 1. The van der Waals surface area contributed by atoms with Crippen molar-refractivity contribution in [1.82, 2.24) is 0 Å². The maximum absolute atomic E-state index is 9.89. The molecule has 0 amide bonds. The average molecular weight is 216 g/mol. The van der Waals surface area contributed by atoms with Crippen molar-refractivity contribution in [2.24, 2.45) is 11.8 Å². The SMILES string of the molecule is CCC1OC(OC)C(C)C(O)C1C.[C-]#[O+]. The van der Waals surface area contributed by atoms with Gasteiger partial charge in [-0.3, -0.25) is 0 Å². The summed E-state index contributed by atoms with van der Waals surface area (Å²) in [4.78, 5) is 0. The van der Waals surface area contributed by atoms with Gasteiger partial charge >= 0.3 is 11.3 Å². The van der Waals surface area contributed by atoms with Gasteiger partial charge < -0.3 is 14.6 Å². The summed E-state index contributed by atoms with van der Waals surface area (Å²) in [5.41, 5.74) is 0. The zero-order valence-corrected chi connectivity index (χ0v) is 9.77. The summed E-state index contributed by atoms with van der Waals surface area (Å²) in [7, 11) is 1.62. The minimum atomic E-state index is -0.316. The molecule has 15 heavy (non-hydrogen) atoms. The Morgan fingerprint density at radius 1 is 1.33 bits per heavy atom. The molecule has 1 heterocycles. The third-order valence-corrected chi connectivity index (χ3v) is 3.04. The second-order valence-corrected chi connectivity index (χ2v) is 3.90. The third-order valence-electron chi connectivity index (χ3n) is 3.04. The molecule has 1 N–H and O–H groups in total. The van der Waals surface area contributed by atoms with Crippen molar-refractivity contribution < 1.29 is 19.2 Å². The molecule has 88 valence electrons. The van der Waals surface area contributed by atoms with E-state index in [1.54, 1.807) is 7.11 Å². The number of aliphatic hydroxyl groups excluding tert-OH is 1. The van der Waals surface area contributed by atoms with Crippen LogP contribution in [0.5, 0.6) is 0 Å². The van der Waals surface area contributed by atoms with Crippen LogP contribution in [0.15, 0.2) is 0 Å². The van der Waals surface area contributed by atoms with Gasteiger partial charge in [-0.1, -0.05) is 20.8 Å². The van der Waals surface area contributed by atoms with Crippen molar-refractivity contribution in [2.75, 3.05) is 7.11 Å². The molecular formula is C11H20O4. The van der Waals surface area contributed by atoms with Crippen LogP contribution in [0.3, 0.4) is 0 Å². The fraction of sp³-hybridized carbons (Fsp3) is 0.909. The van der Waals surface area contributed by atoms with Gasteiger partial charge in [-0.15, -0.1) is 0 Å². The van der Waals surface area contributed by atoms with Gasteiger partial charge in [0.2, 0.25) is 0 Å². The topological polar surface area (TPSA) is 58.6 Å². The second-order valence-electron chi connectivity index (χ2n) is 3.90. The molecule has 1 fully saturated rings. The zero-order valence-electron chi connectivity index (χ0n) is 9.77. The Hall–Kier alpha value is -0.380. The predicted molar refractivity (Wildman–Crippen MR) is 54.2 cm³/mol. The van der Waals surface area contributed by atoms with Crippen LogP contribution in [0.1, 0.15) is 27.2 Å². The molecule has 0 aromatic rings. The molecule has 4 nitrogen and oxygen atoms in total. The fourth-order valence-electron chi connectivity index (χ4n) is 2.02. The molecule has 1 aliphatic heterocycles. The molecule has 1 saturated heterocycles. The van der Waals surface area contributed by atoms with Crippen LogP contribution in [0.25, 0.3) is 0 Å². The van der Waals surface area contributed by atoms with Gasteiger partial charge in [-0.25, -0.2) is 0 Å². The number of hydrogen-bond acceptors (Lipinski definition) is 3. The Bertz CT molecular complexity index is 172. The summed E-state index contributed by atoms with van der Waals surface area (Å²) < 4.78 is 18.4. The van der Waals surface area contributed by atoms with E-state index in [4.69, 9.17) is 14.1 Å². The van der Waals surface area contributed by atoms with E-state index in [1.807, 2.05) is 13.8 Å². The monoisotopic (exact) mass is 216 g/mol. The molecule has 0 aromatic carbocycles. The second kappa shape index (κ2) is 6.99. The van der Waals surface area contributed by atoms with Crippen LogP contribution in [0.2, 0.25) is 0 Å². The quantitative estimate of drug-likeness (QED) is 0.560. The first-order valence-corrected chi connectivity index (χ1v) is 5.18. The van der Waals surface area contributed by atoms with Crippen LogP contribution in [0.4, 0.5) is 0 Å². The number of ether oxygens (including phenoxy) is 2. The van der Waals surface area contributed by atoms with Gasteiger partial charge in [0.25, 0.3) is 0 Å². The van der Waals surface area contributed by atoms with Gasteiger partial charge in [0, 0.05) is 18.9 Å². The van der Waals surface area contributed by atoms with Crippen molar-refractivity contribution in [3.05, 3.63) is 6.65 Å². The van der Waals surface area contributed by atoms with E-state index < -0.39 is 0 Å². The third kappa shape index (κ3) is 3.30. The Kier molecular flexibility index (Phi) is 6.81. The van der Waals surface area contributed by atoms with Gasteiger partial charge in [0.15, 0.2) is 6.29 Å². The molecule has 0 saturated carbocycles. The summed E-state index contributed by atoms with van der Waals surface area (Å²) in [6.07, 6.45) is 0.473. The first-order valence-electron chi connectivity index (χ1n) is 5.18. The van der Waals surface area contributed by atoms with Gasteiger partial charge in [-0.05, 0) is 6.42 Å². The molecule has 0 aromatic heterocycles. The first-order chi connectivity index (χ1) is 7.11. The molecule has 5 unspecified atom stereocenters. The van der Waals surface area contributed by atoms with Crippen LogP contribution < -0.4 is 0 Å². The van der Waals surface area contributed by atoms with E-state index in [2.05, 4.69) is 13.6 Å². The molecule has 5 atom stereocenters. The average Bonchev–Trinajstić information content (AvgIpc) is 2.29. The van der Waals surface area contributed by atoms with E-state index in [1.165, 1.54) is 0 Å². The van der Waals surface area contributed by atoms with Crippen molar-refractivity contribution in [3.8, 4) is 0 Å². The molecule has 0 aliphatic carbocycles. The van der Waals surface area contributed by atoms with Crippen molar-refractivity contribution >= 4 is 0 Å². The van der Waals surface area contributed by atoms with Crippen LogP contribution in [-0.4, -0.2) is 30.7 Å². The van der Waals surface area contributed by atoms with Crippen molar-refractivity contribution in [3.63, 3.8) is 0 Å². The van der Waals surface area contributed by atoms with Gasteiger partial charge in [0.1, 0.15) is 0 Å². The molecule has 4 heteroatoms. The summed E-state index contributed by atoms with van der Waals surface area (Å²) in [5, 5.41) is 9.89. The number of methoxy groups -OCH3 is 1. The Labute approximate surface area is 91.3 Å². The van der Waals surface area contributed by atoms with E-state index in [9.17, 15) is 5.11 Å². The van der Waals surface area contributed by atoms with E-state index in [0.717, 1.165) is 6.42 Å². The van der Waals surface area contributed by atoms with Crippen LogP contribution >= 0.6 is 0 Å². The van der Waals surface area contributed by atoms with Crippen molar-refractivity contribution in [1.29, 1.82) is 0 Å². The zero-order chi connectivity index (χ0) is 12.0. The fourth-order valence-corrected chi connectivity index (χ4v) is 2.02. The summed E-state index contributed by atoms with van der Waals surface area (Å²) in [6.45, 7) is 10.6. The molecule has 1 aliphatic rings. The Morgan fingerprint density at radius 2 is 1.87 bits per heavy atom. The summed E-state index contributed by atoms with van der Waals surface area (Å²) in [5.74, 6) is 0.259. The van der Waals surface area contributed by atoms with Crippen LogP contribution in [0, 0.1) is 18.5 Å². The molecule has 0 bridgehead atoms. The van der Waals surface area contributed by atoms with Crippen molar-refractivity contribution in [2.45, 2.75) is 45.7 Å². The van der Waals surface area contributed by atoms with E-state index in [0.29, 0.717) is 0 Å². The maximum atomic E-state index is 9.89.